The molecule has 0 aromatic carbocycles. The van der Waals surface area contributed by atoms with Crippen molar-refractivity contribution < 1.29 is 19.1 Å². The largest absolute Gasteiger partial charge is 0.468 e. The second-order valence-electron chi connectivity index (χ2n) is 3.65. The molecule has 0 aromatic heterocycles. The Balaban J connectivity index is 3.33. The number of carbonyl (C=O) groups excluding carboxylic acids is 3. The molecule has 0 aliphatic rings. The SMILES string of the molecule is COC(=O)CNC(=O)CCCCCNC(C)=O. The molecule has 17 heavy (non-hydrogen) atoms. The lowest BCUT2D eigenvalue weighted by Crippen LogP contribution is -2.29. The summed E-state index contributed by atoms with van der Waals surface area (Å²) in [4.78, 5) is 32.5. The van der Waals surface area contributed by atoms with Crippen LogP contribution in [0.1, 0.15) is 32.6 Å². The smallest absolute Gasteiger partial charge is 0.325 e. The Morgan fingerprint density at radius 2 is 1.76 bits per heavy atom. The van der Waals surface area contributed by atoms with Crippen LogP contribution in [-0.4, -0.2) is 38.0 Å². The number of unbranched alkanes of at least 4 members (excludes halogenated alkanes) is 2. The van der Waals surface area contributed by atoms with Crippen molar-refractivity contribution in [1.29, 1.82) is 0 Å². The molecule has 0 aromatic rings. The summed E-state index contributed by atoms with van der Waals surface area (Å²) in [5.41, 5.74) is 0. The van der Waals surface area contributed by atoms with Crippen LogP contribution in [0.15, 0.2) is 0 Å². The number of carbonyl (C=O) groups is 3. The Hall–Kier alpha value is -1.59. The second kappa shape index (κ2) is 9.62. The van der Waals surface area contributed by atoms with Gasteiger partial charge in [0.1, 0.15) is 6.54 Å². The van der Waals surface area contributed by atoms with Gasteiger partial charge in [0, 0.05) is 19.9 Å². The Bertz CT molecular complexity index is 266. The van der Waals surface area contributed by atoms with E-state index in [-0.39, 0.29) is 18.4 Å². The van der Waals surface area contributed by atoms with Crippen LogP contribution in [0.4, 0.5) is 0 Å². The molecule has 0 radical (unpaired) electrons. The predicted octanol–water partition coefficient (Wildman–Crippen LogP) is -0.0279. The van der Waals surface area contributed by atoms with Gasteiger partial charge in [-0.15, -0.1) is 0 Å². The predicted molar refractivity (Wildman–Crippen MR) is 62.2 cm³/mol. The third-order valence-corrected chi connectivity index (χ3v) is 2.11. The van der Waals surface area contributed by atoms with Crippen molar-refractivity contribution in [1.82, 2.24) is 10.6 Å². The Labute approximate surface area is 101 Å². The van der Waals surface area contributed by atoms with Gasteiger partial charge in [0.15, 0.2) is 0 Å². The maximum atomic E-state index is 11.2. The fraction of sp³-hybridized carbons (Fsp3) is 0.727. The number of amides is 2. The van der Waals surface area contributed by atoms with Crippen LogP contribution in [0.5, 0.6) is 0 Å². The van der Waals surface area contributed by atoms with E-state index in [4.69, 9.17) is 0 Å². The minimum atomic E-state index is -0.455. The van der Waals surface area contributed by atoms with Crippen molar-refractivity contribution in [2.24, 2.45) is 0 Å². The Kier molecular flexibility index (Phi) is 8.72. The quantitative estimate of drug-likeness (QED) is 0.464. The fourth-order valence-corrected chi connectivity index (χ4v) is 1.18. The molecule has 0 rings (SSSR count). The first-order valence-corrected chi connectivity index (χ1v) is 5.64. The van der Waals surface area contributed by atoms with E-state index in [1.165, 1.54) is 14.0 Å². The average Bonchev–Trinajstić information content (AvgIpc) is 2.30. The second-order valence-corrected chi connectivity index (χ2v) is 3.65. The van der Waals surface area contributed by atoms with Gasteiger partial charge >= 0.3 is 5.97 Å². The van der Waals surface area contributed by atoms with Crippen LogP contribution in [0.25, 0.3) is 0 Å². The molecule has 2 amide bonds. The summed E-state index contributed by atoms with van der Waals surface area (Å²) < 4.78 is 4.39. The summed E-state index contributed by atoms with van der Waals surface area (Å²) in [6.45, 7) is 2.03. The molecule has 0 atom stereocenters. The third kappa shape index (κ3) is 10.7. The number of nitrogens with one attached hydrogen (secondary N) is 2. The average molecular weight is 244 g/mol. The minimum Gasteiger partial charge on any atom is -0.468 e. The lowest BCUT2D eigenvalue weighted by molar-refractivity contribution is -0.141. The maximum absolute atomic E-state index is 11.2. The first-order valence-electron chi connectivity index (χ1n) is 5.64. The van der Waals surface area contributed by atoms with Crippen molar-refractivity contribution in [2.45, 2.75) is 32.6 Å². The highest BCUT2D eigenvalue weighted by Gasteiger charge is 2.04. The topological polar surface area (TPSA) is 84.5 Å². The summed E-state index contributed by atoms with van der Waals surface area (Å²) >= 11 is 0. The lowest BCUT2D eigenvalue weighted by Gasteiger charge is -2.04. The van der Waals surface area contributed by atoms with Crippen LogP contribution in [0.3, 0.4) is 0 Å². The molecule has 6 nitrogen and oxygen atoms in total. The highest BCUT2D eigenvalue weighted by atomic mass is 16.5. The summed E-state index contributed by atoms with van der Waals surface area (Å²) in [6.07, 6.45) is 2.85. The van der Waals surface area contributed by atoms with Gasteiger partial charge in [0.25, 0.3) is 0 Å². The van der Waals surface area contributed by atoms with E-state index in [2.05, 4.69) is 15.4 Å². The molecule has 6 heteroatoms. The summed E-state index contributed by atoms with van der Waals surface area (Å²) in [5, 5.41) is 5.14. The lowest BCUT2D eigenvalue weighted by atomic mass is 10.2. The van der Waals surface area contributed by atoms with Gasteiger partial charge in [-0.1, -0.05) is 6.42 Å². The molecule has 0 spiro atoms. The molecule has 0 heterocycles. The number of hydrogen-bond acceptors (Lipinski definition) is 4. The molecule has 98 valence electrons. The van der Waals surface area contributed by atoms with Gasteiger partial charge in [0.2, 0.25) is 11.8 Å². The van der Waals surface area contributed by atoms with Crippen LogP contribution in [0, 0.1) is 0 Å². The van der Waals surface area contributed by atoms with Crippen molar-refractivity contribution in [2.75, 3.05) is 20.2 Å². The summed E-state index contributed by atoms with van der Waals surface area (Å²) in [6, 6.07) is 0. The van der Waals surface area contributed by atoms with Gasteiger partial charge in [-0.25, -0.2) is 0 Å². The monoisotopic (exact) mass is 244 g/mol. The van der Waals surface area contributed by atoms with E-state index in [9.17, 15) is 14.4 Å². The van der Waals surface area contributed by atoms with Crippen molar-refractivity contribution in [3.05, 3.63) is 0 Å². The zero-order valence-electron chi connectivity index (χ0n) is 10.4. The highest BCUT2D eigenvalue weighted by molar-refractivity contribution is 5.81. The number of rotatable bonds is 8. The van der Waals surface area contributed by atoms with E-state index in [0.717, 1.165) is 19.3 Å². The van der Waals surface area contributed by atoms with Crippen LogP contribution in [-0.2, 0) is 19.1 Å². The summed E-state index contributed by atoms with van der Waals surface area (Å²) in [5.74, 6) is -0.653. The van der Waals surface area contributed by atoms with E-state index in [1.54, 1.807) is 0 Å². The number of ether oxygens (including phenoxy) is 1. The molecule has 0 aliphatic heterocycles. The molecule has 0 bridgehead atoms. The van der Waals surface area contributed by atoms with Crippen LogP contribution >= 0.6 is 0 Å². The van der Waals surface area contributed by atoms with Gasteiger partial charge in [-0.05, 0) is 12.8 Å². The third-order valence-electron chi connectivity index (χ3n) is 2.11. The first-order chi connectivity index (χ1) is 8.06. The molecule has 0 aliphatic carbocycles. The van der Waals surface area contributed by atoms with Gasteiger partial charge in [0.05, 0.1) is 7.11 Å². The summed E-state index contributed by atoms with van der Waals surface area (Å²) in [7, 11) is 1.27. The molecule has 0 unspecified atom stereocenters. The normalized spacial score (nSPS) is 9.53. The minimum absolute atomic E-state index is 0.0409. The molecule has 0 saturated carbocycles. The standard InChI is InChI=1S/C11H20N2O4/c1-9(14)12-7-5-3-4-6-10(15)13-8-11(16)17-2/h3-8H2,1-2H3,(H,12,14)(H,13,15). The van der Waals surface area contributed by atoms with Gasteiger partial charge < -0.3 is 15.4 Å². The van der Waals surface area contributed by atoms with Gasteiger partial charge in [-0.2, -0.15) is 0 Å². The zero-order chi connectivity index (χ0) is 13.1. The van der Waals surface area contributed by atoms with Crippen LogP contribution < -0.4 is 10.6 Å². The molecular formula is C11H20N2O4. The maximum Gasteiger partial charge on any atom is 0.325 e. The van der Waals surface area contributed by atoms with E-state index >= 15 is 0 Å². The van der Waals surface area contributed by atoms with E-state index in [0.29, 0.717) is 13.0 Å². The van der Waals surface area contributed by atoms with Gasteiger partial charge in [-0.3, -0.25) is 14.4 Å². The van der Waals surface area contributed by atoms with Crippen molar-refractivity contribution in [3.63, 3.8) is 0 Å². The molecule has 2 N–H and O–H groups in total. The Morgan fingerprint density at radius 1 is 1.06 bits per heavy atom. The fourth-order valence-electron chi connectivity index (χ4n) is 1.18. The molecular weight excluding hydrogens is 224 g/mol. The first kappa shape index (κ1) is 15.4. The highest BCUT2D eigenvalue weighted by Crippen LogP contribution is 1.98. The van der Waals surface area contributed by atoms with E-state index in [1.807, 2.05) is 0 Å². The number of methoxy groups -OCH3 is 1. The molecule has 0 fully saturated rings. The van der Waals surface area contributed by atoms with Crippen molar-refractivity contribution in [3.8, 4) is 0 Å². The van der Waals surface area contributed by atoms with Crippen molar-refractivity contribution >= 4 is 17.8 Å². The number of esters is 1. The molecule has 0 saturated heterocycles. The number of hydrogen-bond donors (Lipinski definition) is 2. The Morgan fingerprint density at radius 3 is 2.35 bits per heavy atom. The van der Waals surface area contributed by atoms with E-state index < -0.39 is 5.97 Å². The van der Waals surface area contributed by atoms with Crippen LogP contribution in [0.2, 0.25) is 0 Å². The zero-order valence-corrected chi connectivity index (χ0v) is 10.4.